The first kappa shape index (κ1) is 22.4. The molecule has 0 atom stereocenters. The molecule has 0 N–H and O–H groups in total. The van der Waals surface area contributed by atoms with E-state index < -0.39 is 5.82 Å². The van der Waals surface area contributed by atoms with Crippen molar-refractivity contribution in [2.45, 2.75) is 19.7 Å². The van der Waals surface area contributed by atoms with E-state index in [1.165, 1.54) is 18.2 Å². The average Bonchev–Trinajstić information content (AvgIpc) is 3.36. The van der Waals surface area contributed by atoms with Crippen LogP contribution in [0.25, 0.3) is 0 Å². The number of nitrogens with zero attached hydrogens (tertiary/aromatic N) is 2. The largest absolute Gasteiger partial charge is 0.489 e. The second kappa shape index (κ2) is 10.3. The standard InChI is InChI=1S/C28H23FN2O4/c29-23-7-4-6-22(15-23)28(32)31(17-24-8-1-2-12-30-24)16-20-5-3-9-25(13-20)33-18-21-10-11-26-27(14-21)35-19-34-26/h1-15H,16-19H2. The van der Waals surface area contributed by atoms with Crippen LogP contribution in [0.2, 0.25) is 0 Å². The van der Waals surface area contributed by atoms with Crippen molar-refractivity contribution >= 4 is 5.91 Å². The summed E-state index contributed by atoms with van der Waals surface area (Å²) in [5, 5.41) is 0. The molecule has 0 fully saturated rings. The third kappa shape index (κ3) is 5.58. The first-order valence-corrected chi connectivity index (χ1v) is 11.2. The smallest absolute Gasteiger partial charge is 0.254 e. The van der Waals surface area contributed by atoms with Crippen LogP contribution in [-0.4, -0.2) is 22.6 Å². The van der Waals surface area contributed by atoms with Gasteiger partial charge in [-0.2, -0.15) is 0 Å². The third-order valence-electron chi connectivity index (χ3n) is 5.55. The number of amides is 1. The van der Waals surface area contributed by atoms with Crippen LogP contribution in [0.3, 0.4) is 0 Å². The number of aromatic nitrogens is 1. The van der Waals surface area contributed by atoms with E-state index in [2.05, 4.69) is 4.98 Å². The summed E-state index contributed by atoms with van der Waals surface area (Å²) in [6.45, 7) is 1.19. The molecule has 1 amide bonds. The number of pyridine rings is 1. The van der Waals surface area contributed by atoms with E-state index in [1.54, 1.807) is 17.2 Å². The van der Waals surface area contributed by atoms with Crippen LogP contribution >= 0.6 is 0 Å². The van der Waals surface area contributed by atoms with Crippen LogP contribution in [0.4, 0.5) is 4.39 Å². The van der Waals surface area contributed by atoms with E-state index in [0.717, 1.165) is 22.6 Å². The van der Waals surface area contributed by atoms with E-state index >= 15 is 0 Å². The normalized spacial score (nSPS) is 11.8. The monoisotopic (exact) mass is 470 g/mol. The highest BCUT2D eigenvalue weighted by molar-refractivity contribution is 5.94. The molecule has 35 heavy (non-hydrogen) atoms. The highest BCUT2D eigenvalue weighted by atomic mass is 19.1. The Balaban J connectivity index is 1.32. The van der Waals surface area contributed by atoms with Gasteiger partial charge in [-0.25, -0.2) is 4.39 Å². The molecule has 0 spiro atoms. The minimum Gasteiger partial charge on any atom is -0.489 e. The minimum absolute atomic E-state index is 0.227. The maximum atomic E-state index is 13.8. The van der Waals surface area contributed by atoms with Gasteiger partial charge < -0.3 is 19.1 Å². The first-order valence-electron chi connectivity index (χ1n) is 11.2. The second-order valence-corrected chi connectivity index (χ2v) is 8.12. The fraction of sp³-hybridized carbons (Fsp3) is 0.143. The molecule has 2 heterocycles. The molecule has 0 unspecified atom stereocenters. The molecule has 5 rings (SSSR count). The molecule has 0 bridgehead atoms. The number of hydrogen-bond donors (Lipinski definition) is 0. The van der Waals surface area contributed by atoms with Crippen LogP contribution in [0.1, 0.15) is 27.2 Å². The minimum atomic E-state index is -0.451. The Morgan fingerprint density at radius 1 is 0.886 bits per heavy atom. The number of hydrogen-bond acceptors (Lipinski definition) is 5. The summed E-state index contributed by atoms with van der Waals surface area (Å²) in [5.41, 5.74) is 2.87. The Hall–Kier alpha value is -4.39. The molecule has 3 aromatic carbocycles. The second-order valence-electron chi connectivity index (χ2n) is 8.12. The van der Waals surface area contributed by atoms with E-state index in [-0.39, 0.29) is 18.3 Å². The van der Waals surface area contributed by atoms with Crippen molar-refractivity contribution in [2.75, 3.05) is 6.79 Å². The van der Waals surface area contributed by atoms with Gasteiger partial charge in [0.05, 0.1) is 12.2 Å². The van der Waals surface area contributed by atoms with E-state index in [9.17, 15) is 9.18 Å². The van der Waals surface area contributed by atoms with Crippen molar-refractivity contribution in [1.29, 1.82) is 0 Å². The van der Waals surface area contributed by atoms with Gasteiger partial charge in [0, 0.05) is 18.3 Å². The van der Waals surface area contributed by atoms with Crippen molar-refractivity contribution in [1.82, 2.24) is 9.88 Å². The topological polar surface area (TPSA) is 60.9 Å². The molecule has 6 nitrogen and oxygen atoms in total. The summed E-state index contributed by atoms with van der Waals surface area (Å²) >= 11 is 0. The summed E-state index contributed by atoms with van der Waals surface area (Å²) in [7, 11) is 0. The van der Waals surface area contributed by atoms with Gasteiger partial charge in [-0.05, 0) is 65.7 Å². The molecule has 0 saturated carbocycles. The van der Waals surface area contributed by atoms with E-state index in [1.807, 2.05) is 60.7 Å². The maximum absolute atomic E-state index is 13.8. The molecular formula is C28H23FN2O4. The van der Waals surface area contributed by atoms with Crippen molar-refractivity contribution in [2.24, 2.45) is 0 Å². The Bertz CT molecular complexity index is 1330. The van der Waals surface area contributed by atoms with Gasteiger partial charge in [0.15, 0.2) is 11.5 Å². The average molecular weight is 471 g/mol. The Morgan fingerprint density at radius 3 is 2.63 bits per heavy atom. The van der Waals surface area contributed by atoms with Crippen LogP contribution in [0, 0.1) is 5.82 Å². The van der Waals surface area contributed by atoms with Gasteiger partial charge in [0.25, 0.3) is 5.91 Å². The number of ether oxygens (including phenoxy) is 3. The van der Waals surface area contributed by atoms with Crippen LogP contribution in [0.5, 0.6) is 17.2 Å². The predicted octanol–water partition coefficient (Wildman–Crippen LogP) is 5.37. The fourth-order valence-corrected chi connectivity index (χ4v) is 3.84. The molecule has 1 aliphatic heterocycles. The highest BCUT2D eigenvalue weighted by Crippen LogP contribution is 2.32. The Labute approximate surface area is 202 Å². The lowest BCUT2D eigenvalue weighted by Crippen LogP contribution is -2.30. The number of carbonyl (C=O) groups excluding carboxylic acids is 1. The van der Waals surface area contributed by atoms with Crippen LogP contribution < -0.4 is 14.2 Å². The number of rotatable bonds is 8. The molecule has 0 radical (unpaired) electrons. The summed E-state index contributed by atoms with van der Waals surface area (Å²) in [4.78, 5) is 19.3. The predicted molar refractivity (Wildman–Crippen MR) is 128 cm³/mol. The van der Waals surface area contributed by atoms with Gasteiger partial charge >= 0.3 is 0 Å². The van der Waals surface area contributed by atoms with Crippen molar-refractivity contribution in [3.8, 4) is 17.2 Å². The highest BCUT2D eigenvalue weighted by Gasteiger charge is 2.18. The van der Waals surface area contributed by atoms with Gasteiger partial charge in [-0.3, -0.25) is 9.78 Å². The molecule has 0 saturated heterocycles. The number of benzene rings is 3. The maximum Gasteiger partial charge on any atom is 0.254 e. The molecule has 1 aliphatic rings. The molecule has 7 heteroatoms. The Kier molecular flexibility index (Phi) is 6.57. The summed E-state index contributed by atoms with van der Waals surface area (Å²) < 4.78 is 30.5. The zero-order valence-electron chi connectivity index (χ0n) is 18.9. The number of carbonyl (C=O) groups is 1. The summed E-state index contributed by atoms with van der Waals surface area (Å²) in [6.07, 6.45) is 1.69. The molecular weight excluding hydrogens is 447 g/mol. The fourth-order valence-electron chi connectivity index (χ4n) is 3.84. The molecule has 176 valence electrons. The van der Waals surface area contributed by atoms with Gasteiger partial charge in [-0.15, -0.1) is 0 Å². The van der Waals surface area contributed by atoms with Gasteiger partial charge in [-0.1, -0.05) is 30.3 Å². The van der Waals surface area contributed by atoms with E-state index in [4.69, 9.17) is 14.2 Å². The zero-order valence-corrected chi connectivity index (χ0v) is 18.9. The molecule has 4 aromatic rings. The SMILES string of the molecule is O=C(c1cccc(F)c1)N(Cc1cccc(OCc2ccc3c(c2)OCO3)c1)Cc1ccccn1. The van der Waals surface area contributed by atoms with Gasteiger partial charge in [0.2, 0.25) is 6.79 Å². The summed E-state index contributed by atoms with van der Waals surface area (Å²) in [6, 6.07) is 24.6. The lowest BCUT2D eigenvalue weighted by molar-refractivity contribution is 0.0727. The van der Waals surface area contributed by atoms with Crippen LogP contribution in [-0.2, 0) is 19.7 Å². The van der Waals surface area contributed by atoms with Crippen molar-refractivity contribution < 1.29 is 23.4 Å². The lowest BCUT2D eigenvalue weighted by Gasteiger charge is -2.23. The van der Waals surface area contributed by atoms with Gasteiger partial charge in [0.1, 0.15) is 18.2 Å². The summed E-state index contributed by atoms with van der Waals surface area (Å²) in [5.74, 6) is 1.39. The third-order valence-corrected chi connectivity index (χ3v) is 5.55. The molecule has 0 aliphatic carbocycles. The van der Waals surface area contributed by atoms with Crippen molar-refractivity contribution in [3.05, 3.63) is 119 Å². The quantitative estimate of drug-likeness (QED) is 0.347. The number of halogens is 1. The zero-order chi connectivity index (χ0) is 24.0. The lowest BCUT2D eigenvalue weighted by atomic mass is 10.1. The van der Waals surface area contributed by atoms with Crippen LogP contribution in [0.15, 0.2) is 91.1 Å². The Morgan fingerprint density at radius 2 is 1.77 bits per heavy atom. The van der Waals surface area contributed by atoms with E-state index in [0.29, 0.717) is 31.2 Å². The molecule has 1 aromatic heterocycles. The first-order chi connectivity index (χ1) is 17.1. The van der Waals surface area contributed by atoms with Crippen molar-refractivity contribution in [3.63, 3.8) is 0 Å². The number of fused-ring (bicyclic) bond motifs is 1.